The van der Waals surface area contributed by atoms with Gasteiger partial charge in [0.15, 0.2) is 0 Å². The van der Waals surface area contributed by atoms with Crippen molar-refractivity contribution in [2.75, 3.05) is 7.11 Å². The second kappa shape index (κ2) is 6.83. The fourth-order valence-corrected chi connectivity index (χ4v) is 1.55. The molecule has 0 aliphatic rings. The van der Waals surface area contributed by atoms with E-state index in [9.17, 15) is 4.79 Å². The first-order chi connectivity index (χ1) is 7.76. The number of hydrogen-bond acceptors (Lipinski definition) is 2. The number of esters is 1. The summed E-state index contributed by atoms with van der Waals surface area (Å²) in [6.45, 7) is 2.02. The molecule has 86 valence electrons. The summed E-state index contributed by atoms with van der Waals surface area (Å²) in [6.07, 6.45) is 6.61. The van der Waals surface area contributed by atoms with Crippen molar-refractivity contribution in [2.24, 2.45) is 0 Å². The third kappa shape index (κ3) is 4.30. The maximum atomic E-state index is 11.1. The Bertz CT molecular complexity index is 367. The summed E-state index contributed by atoms with van der Waals surface area (Å²) in [6, 6.07) is 8.10. The molecular formula is C14H18O2. The number of aryl methyl sites for hydroxylation is 1. The Labute approximate surface area is 96.9 Å². The molecule has 1 aromatic rings. The fraction of sp³-hybridized carbons (Fsp3) is 0.357. The van der Waals surface area contributed by atoms with Gasteiger partial charge >= 0.3 is 5.97 Å². The molecule has 0 N–H and O–H groups in total. The number of allylic oxidation sites excluding steroid dienone is 2. The lowest BCUT2D eigenvalue weighted by Crippen LogP contribution is -2.04. The zero-order valence-electron chi connectivity index (χ0n) is 9.90. The number of carbonyl (C=O) groups excluding carboxylic acids is 1. The molecule has 0 spiro atoms. The molecule has 0 saturated heterocycles. The third-order valence-corrected chi connectivity index (χ3v) is 2.40. The Morgan fingerprint density at radius 1 is 1.38 bits per heavy atom. The highest BCUT2D eigenvalue weighted by Crippen LogP contribution is 2.09. The van der Waals surface area contributed by atoms with Gasteiger partial charge in [-0.15, -0.1) is 0 Å². The lowest BCUT2D eigenvalue weighted by Gasteiger charge is -2.03. The van der Waals surface area contributed by atoms with Crippen molar-refractivity contribution >= 4 is 5.97 Å². The van der Waals surface area contributed by atoms with E-state index in [2.05, 4.69) is 29.0 Å². The van der Waals surface area contributed by atoms with Crippen LogP contribution in [0.4, 0.5) is 0 Å². The first-order valence-electron chi connectivity index (χ1n) is 5.52. The highest BCUT2D eigenvalue weighted by molar-refractivity contribution is 5.72. The highest BCUT2D eigenvalue weighted by Gasteiger charge is 2.02. The second-order valence-electron chi connectivity index (χ2n) is 3.68. The van der Waals surface area contributed by atoms with Crippen LogP contribution >= 0.6 is 0 Å². The SMILES string of the molecule is C/C=C/CCc1cccc(CC(=O)OC)c1. The quantitative estimate of drug-likeness (QED) is 0.561. The molecule has 0 heterocycles. The van der Waals surface area contributed by atoms with Gasteiger partial charge in [0.25, 0.3) is 0 Å². The van der Waals surface area contributed by atoms with Crippen molar-refractivity contribution in [3.8, 4) is 0 Å². The maximum Gasteiger partial charge on any atom is 0.309 e. The molecule has 0 fully saturated rings. The zero-order valence-corrected chi connectivity index (χ0v) is 9.90. The monoisotopic (exact) mass is 218 g/mol. The highest BCUT2D eigenvalue weighted by atomic mass is 16.5. The average molecular weight is 218 g/mol. The van der Waals surface area contributed by atoms with Crippen molar-refractivity contribution in [3.05, 3.63) is 47.5 Å². The molecule has 0 radical (unpaired) electrons. The Balaban J connectivity index is 2.60. The van der Waals surface area contributed by atoms with E-state index in [0.29, 0.717) is 6.42 Å². The molecule has 1 aromatic carbocycles. The zero-order chi connectivity index (χ0) is 11.8. The molecule has 2 heteroatoms. The Hall–Kier alpha value is -1.57. The molecule has 16 heavy (non-hydrogen) atoms. The summed E-state index contributed by atoms with van der Waals surface area (Å²) in [4.78, 5) is 11.1. The topological polar surface area (TPSA) is 26.3 Å². The number of ether oxygens (including phenoxy) is 1. The molecule has 0 aromatic heterocycles. The Morgan fingerprint density at radius 2 is 2.12 bits per heavy atom. The summed E-state index contributed by atoms with van der Waals surface area (Å²) in [5, 5.41) is 0. The number of rotatable bonds is 5. The molecule has 0 unspecified atom stereocenters. The second-order valence-corrected chi connectivity index (χ2v) is 3.68. The van der Waals surface area contributed by atoms with E-state index < -0.39 is 0 Å². The normalized spacial score (nSPS) is 10.6. The minimum atomic E-state index is -0.189. The largest absolute Gasteiger partial charge is 0.469 e. The van der Waals surface area contributed by atoms with E-state index in [1.807, 2.05) is 19.1 Å². The predicted octanol–water partition coefficient (Wildman–Crippen LogP) is 2.91. The van der Waals surface area contributed by atoms with Gasteiger partial charge in [0, 0.05) is 0 Å². The first kappa shape index (κ1) is 12.5. The van der Waals surface area contributed by atoms with Crippen LogP contribution in [0.3, 0.4) is 0 Å². The number of methoxy groups -OCH3 is 1. The van der Waals surface area contributed by atoms with E-state index in [0.717, 1.165) is 18.4 Å². The van der Waals surface area contributed by atoms with E-state index in [-0.39, 0.29) is 5.97 Å². The summed E-state index contributed by atoms with van der Waals surface area (Å²) >= 11 is 0. The lowest BCUT2D eigenvalue weighted by molar-refractivity contribution is -0.139. The Morgan fingerprint density at radius 3 is 2.81 bits per heavy atom. The number of benzene rings is 1. The van der Waals surface area contributed by atoms with Gasteiger partial charge in [-0.3, -0.25) is 4.79 Å². The molecule has 2 nitrogen and oxygen atoms in total. The van der Waals surface area contributed by atoms with Crippen molar-refractivity contribution in [1.82, 2.24) is 0 Å². The molecule has 0 aliphatic heterocycles. The number of carbonyl (C=O) groups is 1. The van der Waals surface area contributed by atoms with Gasteiger partial charge in [-0.1, -0.05) is 36.4 Å². The molecule has 0 bridgehead atoms. The first-order valence-corrected chi connectivity index (χ1v) is 5.52. The van der Waals surface area contributed by atoms with Crippen LogP contribution in [0.2, 0.25) is 0 Å². The predicted molar refractivity (Wildman–Crippen MR) is 65.3 cm³/mol. The van der Waals surface area contributed by atoms with Crippen molar-refractivity contribution in [1.29, 1.82) is 0 Å². The van der Waals surface area contributed by atoms with Crippen LogP contribution in [0, 0.1) is 0 Å². The van der Waals surface area contributed by atoms with E-state index in [4.69, 9.17) is 0 Å². The lowest BCUT2D eigenvalue weighted by atomic mass is 10.0. The van der Waals surface area contributed by atoms with Gasteiger partial charge in [-0.25, -0.2) is 0 Å². The van der Waals surface area contributed by atoms with Gasteiger partial charge < -0.3 is 4.74 Å². The van der Waals surface area contributed by atoms with Crippen molar-refractivity contribution in [3.63, 3.8) is 0 Å². The van der Waals surface area contributed by atoms with Crippen LogP contribution in [-0.2, 0) is 22.4 Å². The summed E-state index contributed by atoms with van der Waals surface area (Å²) < 4.78 is 4.64. The average Bonchev–Trinajstić information content (AvgIpc) is 2.30. The van der Waals surface area contributed by atoms with Crippen LogP contribution < -0.4 is 0 Å². The van der Waals surface area contributed by atoms with E-state index >= 15 is 0 Å². The minimum Gasteiger partial charge on any atom is -0.469 e. The Kier molecular flexibility index (Phi) is 5.34. The van der Waals surface area contributed by atoms with Gasteiger partial charge in [-0.2, -0.15) is 0 Å². The minimum absolute atomic E-state index is 0.189. The molecule has 0 aliphatic carbocycles. The van der Waals surface area contributed by atoms with Crippen LogP contribution in [0.1, 0.15) is 24.5 Å². The molecular weight excluding hydrogens is 200 g/mol. The van der Waals surface area contributed by atoms with Crippen LogP contribution in [-0.4, -0.2) is 13.1 Å². The van der Waals surface area contributed by atoms with Gasteiger partial charge in [0.05, 0.1) is 13.5 Å². The van der Waals surface area contributed by atoms with E-state index in [1.54, 1.807) is 0 Å². The molecule has 1 rings (SSSR count). The fourth-order valence-electron chi connectivity index (χ4n) is 1.55. The maximum absolute atomic E-state index is 11.1. The third-order valence-electron chi connectivity index (χ3n) is 2.40. The summed E-state index contributed by atoms with van der Waals surface area (Å²) in [5.74, 6) is -0.189. The summed E-state index contributed by atoms with van der Waals surface area (Å²) in [7, 11) is 1.41. The van der Waals surface area contributed by atoms with Gasteiger partial charge in [0.1, 0.15) is 0 Å². The number of hydrogen-bond donors (Lipinski definition) is 0. The molecule has 0 amide bonds. The van der Waals surface area contributed by atoms with Crippen molar-refractivity contribution in [2.45, 2.75) is 26.2 Å². The van der Waals surface area contributed by atoms with Crippen LogP contribution in [0.25, 0.3) is 0 Å². The standard InChI is InChI=1S/C14H18O2/c1-3-4-5-7-12-8-6-9-13(10-12)11-14(15)16-2/h3-4,6,8-10H,5,7,11H2,1-2H3/b4-3+. The summed E-state index contributed by atoms with van der Waals surface area (Å²) in [5.41, 5.74) is 2.28. The van der Waals surface area contributed by atoms with Crippen molar-refractivity contribution < 1.29 is 9.53 Å². The van der Waals surface area contributed by atoms with Crippen LogP contribution in [0.5, 0.6) is 0 Å². The molecule has 0 atom stereocenters. The van der Waals surface area contributed by atoms with Crippen LogP contribution in [0.15, 0.2) is 36.4 Å². The molecule has 0 saturated carbocycles. The van der Waals surface area contributed by atoms with Gasteiger partial charge in [0.2, 0.25) is 0 Å². The smallest absolute Gasteiger partial charge is 0.309 e. The van der Waals surface area contributed by atoms with Gasteiger partial charge in [-0.05, 0) is 30.9 Å². The van der Waals surface area contributed by atoms with E-state index in [1.165, 1.54) is 12.7 Å².